The second kappa shape index (κ2) is 11.2. The van der Waals surface area contributed by atoms with Crippen LogP contribution in [0.15, 0.2) is 60.0 Å². The van der Waals surface area contributed by atoms with Gasteiger partial charge in [0.2, 0.25) is 0 Å². The number of nitrogens with zero attached hydrogens (tertiary/aromatic N) is 1. The zero-order chi connectivity index (χ0) is 24.0. The summed E-state index contributed by atoms with van der Waals surface area (Å²) in [5.41, 5.74) is 2.13. The number of carbonyl (C=O) groups excluding carboxylic acids is 1. The largest absolute Gasteiger partial charge is 0.493 e. The van der Waals surface area contributed by atoms with E-state index in [2.05, 4.69) is 39.5 Å². The minimum Gasteiger partial charge on any atom is -0.493 e. The summed E-state index contributed by atoms with van der Waals surface area (Å²) in [4.78, 5) is 14.7. The van der Waals surface area contributed by atoms with E-state index in [-0.39, 0.29) is 11.3 Å². The highest BCUT2D eigenvalue weighted by molar-refractivity contribution is 8.26. The third-order valence-corrected chi connectivity index (χ3v) is 6.59. The molecule has 0 aromatic heterocycles. The van der Waals surface area contributed by atoms with Crippen molar-refractivity contribution in [1.82, 2.24) is 4.90 Å². The van der Waals surface area contributed by atoms with Gasteiger partial charge in [-0.05, 0) is 47.4 Å². The Hall–Kier alpha value is -2.28. The van der Waals surface area contributed by atoms with Crippen LogP contribution in [0.1, 0.15) is 38.3 Å². The Bertz CT molecular complexity index is 1060. The molecule has 4 nitrogen and oxygen atoms in total. The number of thioether (sulfide) groups is 1. The molecular formula is C26H28ClNO3S2. The fourth-order valence-corrected chi connectivity index (χ4v) is 4.62. The van der Waals surface area contributed by atoms with Crippen molar-refractivity contribution in [2.75, 3.05) is 19.8 Å². The molecule has 0 bridgehead atoms. The number of halogens is 1. The van der Waals surface area contributed by atoms with Crippen molar-refractivity contribution in [3.8, 4) is 11.5 Å². The van der Waals surface area contributed by atoms with Gasteiger partial charge in [-0.1, -0.05) is 74.6 Å². The number of amides is 1. The molecule has 1 fully saturated rings. The predicted molar refractivity (Wildman–Crippen MR) is 142 cm³/mol. The first-order valence-corrected chi connectivity index (χ1v) is 12.3. The van der Waals surface area contributed by atoms with Gasteiger partial charge in [0.1, 0.15) is 15.8 Å². The molecular weight excluding hydrogens is 474 g/mol. The number of hydrogen-bond acceptors (Lipinski definition) is 5. The molecule has 1 amide bonds. The van der Waals surface area contributed by atoms with Crippen molar-refractivity contribution >= 4 is 51.9 Å². The molecule has 174 valence electrons. The lowest BCUT2D eigenvalue weighted by Crippen LogP contribution is -2.27. The summed E-state index contributed by atoms with van der Waals surface area (Å²) < 4.78 is 12.3. The minimum absolute atomic E-state index is 0.119. The molecule has 7 heteroatoms. The average molecular weight is 502 g/mol. The summed E-state index contributed by atoms with van der Waals surface area (Å²) in [6, 6.07) is 13.6. The highest BCUT2D eigenvalue weighted by Crippen LogP contribution is 2.35. The van der Waals surface area contributed by atoms with Crippen molar-refractivity contribution in [2.24, 2.45) is 0 Å². The van der Waals surface area contributed by atoms with Gasteiger partial charge in [-0.15, -0.1) is 6.58 Å². The summed E-state index contributed by atoms with van der Waals surface area (Å²) in [7, 11) is 0. The molecule has 33 heavy (non-hydrogen) atoms. The summed E-state index contributed by atoms with van der Waals surface area (Å²) >= 11 is 12.8. The van der Waals surface area contributed by atoms with Gasteiger partial charge in [0.05, 0.1) is 18.1 Å². The summed E-state index contributed by atoms with van der Waals surface area (Å²) in [6.45, 7) is 11.6. The van der Waals surface area contributed by atoms with E-state index in [4.69, 9.17) is 33.3 Å². The normalized spacial score (nSPS) is 15.3. The second-order valence-electron chi connectivity index (χ2n) is 8.59. The maximum absolute atomic E-state index is 12.6. The SMILES string of the molecule is C=CCN1C(=O)C(=Cc2cc(Cl)ccc2OCCCOc2ccc(C(C)(C)C)cc2)SC1=S. The summed E-state index contributed by atoms with van der Waals surface area (Å²) in [5, 5.41) is 0.567. The van der Waals surface area contributed by atoms with E-state index in [0.29, 0.717) is 46.2 Å². The van der Waals surface area contributed by atoms with E-state index >= 15 is 0 Å². The molecule has 0 radical (unpaired) electrons. The zero-order valence-corrected chi connectivity index (χ0v) is 21.5. The van der Waals surface area contributed by atoms with Crippen molar-refractivity contribution in [3.63, 3.8) is 0 Å². The molecule has 0 N–H and O–H groups in total. The first-order valence-electron chi connectivity index (χ1n) is 10.7. The Balaban J connectivity index is 1.57. The molecule has 2 aromatic carbocycles. The van der Waals surface area contributed by atoms with Crippen molar-refractivity contribution in [3.05, 3.63) is 76.2 Å². The first-order chi connectivity index (χ1) is 15.7. The highest BCUT2D eigenvalue weighted by Gasteiger charge is 2.31. The van der Waals surface area contributed by atoms with Crippen molar-refractivity contribution in [2.45, 2.75) is 32.6 Å². The molecule has 0 unspecified atom stereocenters. The van der Waals surface area contributed by atoms with Gasteiger partial charge in [-0.3, -0.25) is 9.69 Å². The monoisotopic (exact) mass is 501 g/mol. The molecule has 0 spiro atoms. The third kappa shape index (κ3) is 6.85. The molecule has 3 rings (SSSR count). The van der Waals surface area contributed by atoms with Crippen LogP contribution >= 0.6 is 35.6 Å². The van der Waals surface area contributed by atoms with E-state index in [1.807, 2.05) is 18.2 Å². The van der Waals surface area contributed by atoms with Crippen LogP contribution in [0.2, 0.25) is 5.02 Å². The fourth-order valence-electron chi connectivity index (χ4n) is 3.17. The van der Waals surface area contributed by atoms with Crippen LogP contribution in [0.4, 0.5) is 0 Å². The highest BCUT2D eigenvalue weighted by atomic mass is 35.5. The lowest BCUT2D eigenvalue weighted by molar-refractivity contribution is -0.121. The van der Waals surface area contributed by atoms with Gasteiger partial charge in [-0.2, -0.15) is 0 Å². The number of rotatable bonds is 9. The Morgan fingerprint density at radius 1 is 1.12 bits per heavy atom. The molecule has 0 saturated carbocycles. The van der Waals surface area contributed by atoms with E-state index in [9.17, 15) is 4.79 Å². The van der Waals surface area contributed by atoms with Gasteiger partial charge in [0.15, 0.2) is 0 Å². The molecule has 0 atom stereocenters. The van der Waals surface area contributed by atoms with Crippen LogP contribution in [0, 0.1) is 0 Å². The number of ether oxygens (including phenoxy) is 2. The zero-order valence-electron chi connectivity index (χ0n) is 19.1. The topological polar surface area (TPSA) is 38.8 Å². The van der Waals surface area contributed by atoms with Gasteiger partial charge in [-0.25, -0.2) is 0 Å². The van der Waals surface area contributed by atoms with E-state index < -0.39 is 0 Å². The number of thiocarbonyl (C=S) groups is 1. The maximum atomic E-state index is 12.6. The van der Waals surface area contributed by atoms with Crippen LogP contribution in [0.3, 0.4) is 0 Å². The van der Waals surface area contributed by atoms with Gasteiger partial charge in [0.25, 0.3) is 5.91 Å². The second-order valence-corrected chi connectivity index (χ2v) is 10.7. The summed E-state index contributed by atoms with van der Waals surface area (Å²) in [6.07, 6.45) is 4.14. The quantitative estimate of drug-likeness (QED) is 0.162. The number of carbonyl (C=O) groups is 1. The number of benzene rings is 2. The molecule has 1 saturated heterocycles. The summed E-state index contributed by atoms with van der Waals surface area (Å²) in [5.74, 6) is 1.36. The van der Waals surface area contributed by atoms with Crippen LogP contribution in [0.25, 0.3) is 6.08 Å². The van der Waals surface area contributed by atoms with Crippen molar-refractivity contribution < 1.29 is 14.3 Å². The van der Waals surface area contributed by atoms with Crippen molar-refractivity contribution in [1.29, 1.82) is 0 Å². The Kier molecular flexibility index (Phi) is 8.63. The van der Waals surface area contributed by atoms with Crippen LogP contribution in [-0.4, -0.2) is 34.9 Å². The van der Waals surface area contributed by atoms with Crippen LogP contribution < -0.4 is 9.47 Å². The van der Waals surface area contributed by atoms with E-state index in [1.54, 1.807) is 24.3 Å². The Morgan fingerprint density at radius 2 is 1.82 bits per heavy atom. The van der Waals surface area contributed by atoms with Crippen LogP contribution in [0.5, 0.6) is 11.5 Å². The van der Waals surface area contributed by atoms with Gasteiger partial charge >= 0.3 is 0 Å². The fraction of sp³-hybridized carbons (Fsp3) is 0.308. The Labute approximate surface area is 210 Å². The molecule has 1 aliphatic heterocycles. The Morgan fingerprint density at radius 3 is 2.48 bits per heavy atom. The van der Waals surface area contributed by atoms with E-state index in [0.717, 1.165) is 11.3 Å². The lowest BCUT2D eigenvalue weighted by Gasteiger charge is -2.19. The van der Waals surface area contributed by atoms with E-state index in [1.165, 1.54) is 22.2 Å². The van der Waals surface area contributed by atoms with Gasteiger partial charge in [0, 0.05) is 23.6 Å². The molecule has 1 heterocycles. The standard InChI is InChI=1S/C26H28ClNO3S2/c1-5-13-28-24(29)23(33-25(28)32)17-18-16-20(27)9-12-22(18)31-15-6-14-30-21-10-7-19(8-11-21)26(2,3)4/h5,7-12,16-17H,1,6,13-15H2,2-4H3. The number of hydrogen-bond donors (Lipinski definition) is 0. The lowest BCUT2D eigenvalue weighted by atomic mass is 9.87. The molecule has 1 aliphatic rings. The first kappa shape index (κ1) is 25.3. The third-order valence-electron chi connectivity index (χ3n) is 4.98. The molecule has 2 aromatic rings. The van der Waals surface area contributed by atoms with Crippen LogP contribution in [-0.2, 0) is 10.2 Å². The maximum Gasteiger partial charge on any atom is 0.266 e. The predicted octanol–water partition coefficient (Wildman–Crippen LogP) is 6.87. The smallest absolute Gasteiger partial charge is 0.266 e. The minimum atomic E-state index is -0.137. The average Bonchev–Trinajstić information content (AvgIpc) is 3.02. The van der Waals surface area contributed by atoms with Gasteiger partial charge < -0.3 is 9.47 Å². The molecule has 0 aliphatic carbocycles.